The van der Waals surface area contributed by atoms with Gasteiger partial charge in [-0.2, -0.15) is 0 Å². The molecule has 0 aliphatic carbocycles. The number of methoxy groups -OCH3 is 1. The smallest absolute Gasteiger partial charge is 0.328 e. The van der Waals surface area contributed by atoms with E-state index in [1.165, 1.54) is 7.11 Å². The summed E-state index contributed by atoms with van der Waals surface area (Å²) in [5.74, 6) is 0.306. The quantitative estimate of drug-likeness (QED) is 0.761. The summed E-state index contributed by atoms with van der Waals surface area (Å²) in [6, 6.07) is 12.5. The normalized spacial score (nSPS) is 10.8. The van der Waals surface area contributed by atoms with Crippen molar-refractivity contribution in [1.29, 1.82) is 0 Å². The zero-order chi connectivity index (χ0) is 18.0. The number of imidazole rings is 1. The maximum absolute atomic E-state index is 12.4. The Kier molecular flexibility index (Phi) is 4.81. The summed E-state index contributed by atoms with van der Waals surface area (Å²) in [7, 11) is 3.24. The number of hydrogen-bond donors (Lipinski definition) is 1. The molecule has 0 atom stereocenters. The standard InChI is InChI=1S/C18H18ClN3O3/c1-21-14-5-3-4-6-15(14)22(18(21)24)10-9-17(23)20-13-11-12(19)7-8-16(13)25-2/h3-8,11H,9-10H2,1-2H3,(H,20,23). The number of nitrogens with zero attached hydrogens (tertiary/aromatic N) is 2. The molecular weight excluding hydrogens is 342 g/mol. The lowest BCUT2D eigenvalue weighted by Gasteiger charge is -2.10. The van der Waals surface area contributed by atoms with Gasteiger partial charge in [0.1, 0.15) is 5.75 Å². The second-order valence-electron chi connectivity index (χ2n) is 5.62. The first-order chi connectivity index (χ1) is 12.0. The van der Waals surface area contributed by atoms with E-state index >= 15 is 0 Å². The lowest BCUT2D eigenvalue weighted by Crippen LogP contribution is -2.24. The van der Waals surface area contributed by atoms with Crippen LogP contribution >= 0.6 is 11.6 Å². The third-order valence-electron chi connectivity index (χ3n) is 4.05. The van der Waals surface area contributed by atoms with E-state index in [1.807, 2.05) is 24.3 Å². The molecule has 1 heterocycles. The molecule has 25 heavy (non-hydrogen) atoms. The van der Waals surface area contributed by atoms with Gasteiger partial charge in [0.05, 0.1) is 23.8 Å². The van der Waals surface area contributed by atoms with Crippen molar-refractivity contribution < 1.29 is 9.53 Å². The van der Waals surface area contributed by atoms with Crippen molar-refractivity contribution in [1.82, 2.24) is 9.13 Å². The van der Waals surface area contributed by atoms with Crippen LogP contribution in [0.1, 0.15) is 6.42 Å². The zero-order valence-electron chi connectivity index (χ0n) is 14.0. The molecule has 0 aliphatic rings. The minimum atomic E-state index is -0.222. The molecular formula is C18H18ClN3O3. The van der Waals surface area contributed by atoms with E-state index in [0.717, 1.165) is 11.0 Å². The highest BCUT2D eigenvalue weighted by Gasteiger charge is 2.13. The van der Waals surface area contributed by atoms with E-state index in [9.17, 15) is 9.59 Å². The van der Waals surface area contributed by atoms with Gasteiger partial charge in [-0.05, 0) is 30.3 Å². The average Bonchev–Trinajstić information content (AvgIpc) is 2.85. The number of rotatable bonds is 5. The topological polar surface area (TPSA) is 65.3 Å². The van der Waals surface area contributed by atoms with Crippen molar-refractivity contribution in [2.75, 3.05) is 12.4 Å². The minimum absolute atomic E-state index is 0.144. The predicted molar refractivity (Wildman–Crippen MR) is 98.4 cm³/mol. The number of halogens is 1. The molecule has 0 fully saturated rings. The molecule has 0 radical (unpaired) electrons. The highest BCUT2D eigenvalue weighted by atomic mass is 35.5. The Morgan fingerprint density at radius 2 is 1.92 bits per heavy atom. The molecule has 1 amide bonds. The number of ether oxygens (including phenoxy) is 1. The van der Waals surface area contributed by atoms with Crippen molar-refractivity contribution in [3.05, 3.63) is 58.0 Å². The summed E-state index contributed by atoms with van der Waals surface area (Å²) in [5.41, 5.74) is 2.01. The Bertz CT molecular complexity index is 991. The van der Waals surface area contributed by atoms with Crippen LogP contribution in [0.2, 0.25) is 5.02 Å². The van der Waals surface area contributed by atoms with Gasteiger partial charge in [-0.25, -0.2) is 4.79 Å². The van der Waals surface area contributed by atoms with E-state index in [0.29, 0.717) is 16.5 Å². The fourth-order valence-corrected chi connectivity index (χ4v) is 2.96. The minimum Gasteiger partial charge on any atom is -0.495 e. The van der Waals surface area contributed by atoms with Crippen LogP contribution in [0.5, 0.6) is 5.75 Å². The van der Waals surface area contributed by atoms with Gasteiger partial charge in [-0.15, -0.1) is 0 Å². The molecule has 3 rings (SSSR count). The SMILES string of the molecule is COc1ccc(Cl)cc1NC(=O)CCn1c(=O)n(C)c2ccccc21. The van der Waals surface area contributed by atoms with Gasteiger partial charge < -0.3 is 10.1 Å². The van der Waals surface area contributed by atoms with Crippen molar-refractivity contribution in [2.24, 2.45) is 7.05 Å². The zero-order valence-corrected chi connectivity index (χ0v) is 14.7. The number of carbonyl (C=O) groups excluding carboxylic acids is 1. The van der Waals surface area contributed by atoms with Gasteiger partial charge in [0.15, 0.2) is 0 Å². The number of benzene rings is 2. The number of amides is 1. The van der Waals surface area contributed by atoms with Crippen molar-refractivity contribution >= 4 is 34.2 Å². The molecule has 2 aromatic carbocycles. The Labute approximate surface area is 149 Å². The number of fused-ring (bicyclic) bond motifs is 1. The lowest BCUT2D eigenvalue weighted by molar-refractivity contribution is -0.116. The van der Waals surface area contributed by atoms with Crippen molar-refractivity contribution in [3.63, 3.8) is 0 Å². The molecule has 3 aromatic rings. The predicted octanol–water partition coefficient (Wildman–Crippen LogP) is 3.03. The van der Waals surface area contributed by atoms with Crippen LogP contribution in [0.15, 0.2) is 47.3 Å². The molecule has 1 N–H and O–H groups in total. The fourth-order valence-electron chi connectivity index (χ4n) is 2.78. The first-order valence-corrected chi connectivity index (χ1v) is 8.16. The van der Waals surface area contributed by atoms with Gasteiger partial charge in [0.25, 0.3) is 0 Å². The number of hydrogen-bond acceptors (Lipinski definition) is 3. The van der Waals surface area contributed by atoms with Crippen LogP contribution in [0.3, 0.4) is 0 Å². The van der Waals surface area contributed by atoms with Crippen molar-refractivity contribution in [3.8, 4) is 5.75 Å². The second kappa shape index (κ2) is 7.03. The lowest BCUT2D eigenvalue weighted by atomic mass is 10.2. The number of para-hydroxylation sites is 2. The third-order valence-corrected chi connectivity index (χ3v) is 4.28. The van der Waals surface area contributed by atoms with Gasteiger partial charge in [0, 0.05) is 25.0 Å². The fraction of sp³-hybridized carbons (Fsp3) is 0.222. The summed E-state index contributed by atoms with van der Waals surface area (Å²) in [5, 5.41) is 3.28. The maximum atomic E-state index is 12.4. The van der Waals surface area contributed by atoms with Crippen molar-refractivity contribution in [2.45, 2.75) is 13.0 Å². The van der Waals surface area contributed by atoms with Crippen LogP contribution in [-0.2, 0) is 18.4 Å². The molecule has 0 unspecified atom stereocenters. The number of aryl methyl sites for hydroxylation is 2. The highest BCUT2D eigenvalue weighted by Crippen LogP contribution is 2.27. The van der Waals surface area contributed by atoms with Gasteiger partial charge in [-0.3, -0.25) is 13.9 Å². The largest absolute Gasteiger partial charge is 0.495 e. The number of aromatic nitrogens is 2. The summed E-state index contributed by atoms with van der Waals surface area (Å²) in [4.78, 5) is 24.6. The van der Waals surface area contributed by atoms with Crippen LogP contribution in [-0.4, -0.2) is 22.2 Å². The molecule has 0 spiro atoms. The Hall–Kier alpha value is -2.73. The van der Waals surface area contributed by atoms with Crippen LogP contribution in [0.25, 0.3) is 11.0 Å². The third kappa shape index (κ3) is 3.39. The molecule has 0 saturated carbocycles. The second-order valence-corrected chi connectivity index (χ2v) is 6.06. The molecule has 0 bridgehead atoms. The molecule has 7 heteroatoms. The van der Waals surface area contributed by atoms with E-state index in [-0.39, 0.29) is 24.6 Å². The van der Waals surface area contributed by atoms with E-state index < -0.39 is 0 Å². The summed E-state index contributed by atoms with van der Waals surface area (Å²) in [6.07, 6.45) is 0.156. The van der Waals surface area contributed by atoms with Gasteiger partial charge in [-0.1, -0.05) is 23.7 Å². The van der Waals surface area contributed by atoms with Crippen LogP contribution in [0.4, 0.5) is 5.69 Å². The maximum Gasteiger partial charge on any atom is 0.328 e. The number of carbonyl (C=O) groups is 1. The molecule has 130 valence electrons. The van der Waals surface area contributed by atoms with Crippen LogP contribution in [0, 0.1) is 0 Å². The van der Waals surface area contributed by atoms with E-state index in [4.69, 9.17) is 16.3 Å². The first-order valence-electron chi connectivity index (χ1n) is 7.79. The molecule has 6 nitrogen and oxygen atoms in total. The van der Waals surface area contributed by atoms with E-state index in [1.54, 1.807) is 34.4 Å². The van der Waals surface area contributed by atoms with Crippen LogP contribution < -0.4 is 15.7 Å². The first kappa shape index (κ1) is 17.1. The summed E-state index contributed by atoms with van der Waals surface area (Å²) >= 11 is 5.96. The average molecular weight is 360 g/mol. The van der Waals surface area contributed by atoms with E-state index in [2.05, 4.69) is 5.32 Å². The Balaban J connectivity index is 1.77. The highest BCUT2D eigenvalue weighted by molar-refractivity contribution is 6.31. The molecule has 0 aliphatic heterocycles. The van der Waals surface area contributed by atoms with Gasteiger partial charge in [0.2, 0.25) is 5.91 Å². The monoisotopic (exact) mass is 359 g/mol. The summed E-state index contributed by atoms with van der Waals surface area (Å²) < 4.78 is 8.39. The number of anilines is 1. The molecule has 1 aromatic heterocycles. The Morgan fingerprint density at radius 1 is 1.20 bits per heavy atom. The number of nitrogens with one attached hydrogen (secondary N) is 1. The molecule has 0 saturated heterocycles. The summed E-state index contributed by atoms with van der Waals surface area (Å²) in [6.45, 7) is 0.287. The van der Waals surface area contributed by atoms with Gasteiger partial charge >= 0.3 is 5.69 Å². The Morgan fingerprint density at radius 3 is 2.64 bits per heavy atom.